The molecule has 1 aromatic rings. The zero-order valence-corrected chi connectivity index (χ0v) is 16.8. The molecular weight excluding hydrogens is 366 g/mol. The Kier molecular flexibility index (Phi) is 6.29. The fraction of sp³-hybridized carbons (Fsp3) is 0.565. The van der Waals surface area contributed by atoms with E-state index >= 15 is 0 Å². The first-order valence-corrected chi connectivity index (χ1v) is 10.6. The Hall–Kier alpha value is -2.20. The van der Waals surface area contributed by atoms with Crippen LogP contribution in [0.5, 0.6) is 0 Å². The number of rotatable bonds is 5. The van der Waals surface area contributed by atoms with Crippen molar-refractivity contribution >= 4 is 11.5 Å². The van der Waals surface area contributed by atoms with Gasteiger partial charge in [0, 0.05) is 19.0 Å². The first-order valence-electron chi connectivity index (χ1n) is 10.6. The van der Waals surface area contributed by atoms with E-state index in [0.717, 1.165) is 31.5 Å². The SMILES string of the molecule is N#C[C@@H]1[C@@H](c2ccccc2C2=CCCCC2)[C@H](CO)N1C(=O)CN1CCOCC1. The summed E-state index contributed by atoms with van der Waals surface area (Å²) in [5, 5.41) is 20.0. The molecule has 154 valence electrons. The molecule has 0 saturated carbocycles. The van der Waals surface area contributed by atoms with Gasteiger partial charge in [0.05, 0.1) is 38.5 Å². The number of nitrogens with zero attached hydrogens (tertiary/aromatic N) is 3. The van der Waals surface area contributed by atoms with Gasteiger partial charge in [-0.05, 0) is 42.4 Å². The maximum Gasteiger partial charge on any atom is 0.238 e. The molecule has 0 spiro atoms. The molecule has 0 unspecified atom stereocenters. The molecule has 4 rings (SSSR count). The van der Waals surface area contributed by atoms with Gasteiger partial charge in [-0.25, -0.2) is 0 Å². The van der Waals surface area contributed by atoms with E-state index in [9.17, 15) is 15.2 Å². The maximum absolute atomic E-state index is 13.0. The van der Waals surface area contributed by atoms with Crippen LogP contribution in [-0.4, -0.2) is 72.4 Å². The molecule has 2 aliphatic heterocycles. The van der Waals surface area contributed by atoms with Crippen LogP contribution in [0.1, 0.15) is 42.7 Å². The molecule has 2 saturated heterocycles. The minimum absolute atomic E-state index is 0.0805. The molecule has 3 aliphatic rings. The summed E-state index contributed by atoms with van der Waals surface area (Å²) in [6.45, 7) is 2.84. The van der Waals surface area contributed by atoms with Crippen LogP contribution in [0.15, 0.2) is 30.3 Å². The summed E-state index contributed by atoms with van der Waals surface area (Å²) in [6, 6.07) is 9.66. The molecule has 1 aromatic carbocycles. The number of benzene rings is 1. The fourth-order valence-electron chi connectivity index (χ4n) is 4.92. The van der Waals surface area contributed by atoms with Crippen molar-refractivity contribution in [3.05, 3.63) is 41.5 Å². The van der Waals surface area contributed by atoms with Crippen molar-refractivity contribution in [2.75, 3.05) is 39.5 Å². The van der Waals surface area contributed by atoms with Gasteiger partial charge < -0.3 is 14.7 Å². The molecule has 1 N–H and O–H groups in total. The van der Waals surface area contributed by atoms with E-state index in [-0.39, 0.29) is 31.0 Å². The van der Waals surface area contributed by atoms with Crippen LogP contribution in [0.3, 0.4) is 0 Å². The number of carbonyl (C=O) groups excluding carboxylic acids is 1. The monoisotopic (exact) mass is 395 g/mol. The quantitative estimate of drug-likeness (QED) is 0.827. The predicted octanol–water partition coefficient (Wildman–Crippen LogP) is 2.16. The molecule has 3 atom stereocenters. The van der Waals surface area contributed by atoms with Gasteiger partial charge in [-0.15, -0.1) is 0 Å². The van der Waals surface area contributed by atoms with Gasteiger partial charge in [0.2, 0.25) is 5.91 Å². The van der Waals surface area contributed by atoms with Crippen molar-refractivity contribution in [3.8, 4) is 6.07 Å². The number of aliphatic hydroxyl groups is 1. The van der Waals surface area contributed by atoms with Gasteiger partial charge >= 0.3 is 0 Å². The standard InChI is InChI=1S/C23H29N3O3/c24-14-20-23(19-9-5-4-8-18(19)17-6-2-1-3-7-17)21(16-27)26(20)22(28)15-25-10-12-29-13-11-25/h4-6,8-9,20-21,23,27H,1-3,7,10-13,15-16H2/t20-,21+,23-/m1/s1. The number of aliphatic hydroxyl groups excluding tert-OH is 1. The second-order valence-corrected chi connectivity index (χ2v) is 8.10. The predicted molar refractivity (Wildman–Crippen MR) is 110 cm³/mol. The molecule has 6 heteroatoms. The van der Waals surface area contributed by atoms with E-state index in [2.05, 4.69) is 29.2 Å². The second-order valence-electron chi connectivity index (χ2n) is 8.10. The molecule has 0 radical (unpaired) electrons. The van der Waals surface area contributed by atoms with Crippen LogP contribution >= 0.6 is 0 Å². The first kappa shape index (κ1) is 20.1. The minimum Gasteiger partial charge on any atom is -0.394 e. The number of amides is 1. The van der Waals surface area contributed by atoms with Gasteiger partial charge in [0.25, 0.3) is 0 Å². The minimum atomic E-state index is -0.536. The summed E-state index contributed by atoms with van der Waals surface area (Å²) in [4.78, 5) is 16.6. The summed E-state index contributed by atoms with van der Waals surface area (Å²) in [6.07, 6.45) is 6.84. The van der Waals surface area contributed by atoms with Gasteiger partial charge in [-0.2, -0.15) is 5.26 Å². The van der Waals surface area contributed by atoms with Gasteiger partial charge in [0.15, 0.2) is 0 Å². The molecule has 6 nitrogen and oxygen atoms in total. The number of carbonyl (C=O) groups is 1. The number of ether oxygens (including phenoxy) is 1. The molecular formula is C23H29N3O3. The molecule has 1 aliphatic carbocycles. The second kappa shape index (κ2) is 9.08. The summed E-state index contributed by atoms with van der Waals surface area (Å²) < 4.78 is 5.35. The van der Waals surface area contributed by atoms with E-state index < -0.39 is 6.04 Å². The smallest absolute Gasteiger partial charge is 0.238 e. The van der Waals surface area contributed by atoms with Crippen molar-refractivity contribution in [2.45, 2.75) is 43.7 Å². The van der Waals surface area contributed by atoms with Crippen molar-refractivity contribution in [1.29, 1.82) is 5.26 Å². The Bertz CT molecular complexity index is 810. The average Bonchev–Trinajstić information content (AvgIpc) is 2.75. The molecule has 0 bridgehead atoms. The van der Waals surface area contributed by atoms with E-state index in [0.29, 0.717) is 13.2 Å². The van der Waals surface area contributed by atoms with Crippen molar-refractivity contribution < 1.29 is 14.6 Å². The Balaban J connectivity index is 1.57. The Morgan fingerprint density at radius 1 is 1.24 bits per heavy atom. The number of likely N-dealkylation sites (tertiary alicyclic amines) is 1. The number of morpholine rings is 1. The van der Waals surface area contributed by atoms with Crippen molar-refractivity contribution in [3.63, 3.8) is 0 Å². The Morgan fingerprint density at radius 3 is 2.72 bits per heavy atom. The van der Waals surface area contributed by atoms with E-state index in [4.69, 9.17) is 4.74 Å². The topological polar surface area (TPSA) is 76.8 Å². The maximum atomic E-state index is 13.0. The molecule has 2 heterocycles. The number of allylic oxidation sites excluding steroid dienone is 2. The zero-order valence-electron chi connectivity index (χ0n) is 16.8. The van der Waals surface area contributed by atoms with E-state index in [1.807, 2.05) is 12.1 Å². The van der Waals surface area contributed by atoms with Crippen LogP contribution in [-0.2, 0) is 9.53 Å². The third-order valence-electron chi connectivity index (χ3n) is 6.44. The summed E-state index contributed by atoms with van der Waals surface area (Å²) >= 11 is 0. The normalized spacial score (nSPS) is 27.7. The number of hydrogen-bond acceptors (Lipinski definition) is 5. The van der Waals surface area contributed by atoms with Crippen LogP contribution in [0.25, 0.3) is 5.57 Å². The van der Waals surface area contributed by atoms with Crippen LogP contribution in [0, 0.1) is 11.3 Å². The van der Waals surface area contributed by atoms with Crippen molar-refractivity contribution in [1.82, 2.24) is 9.80 Å². The highest BCUT2D eigenvalue weighted by atomic mass is 16.5. The lowest BCUT2D eigenvalue weighted by molar-refractivity contribution is -0.149. The lowest BCUT2D eigenvalue weighted by Crippen LogP contribution is -2.66. The Labute approximate surface area is 172 Å². The first-order chi connectivity index (χ1) is 14.2. The largest absolute Gasteiger partial charge is 0.394 e. The highest BCUT2D eigenvalue weighted by Gasteiger charge is 2.52. The summed E-state index contributed by atoms with van der Waals surface area (Å²) in [5.74, 6) is -0.235. The fourth-order valence-corrected chi connectivity index (χ4v) is 4.92. The van der Waals surface area contributed by atoms with Gasteiger partial charge in [-0.1, -0.05) is 30.3 Å². The van der Waals surface area contributed by atoms with E-state index in [1.165, 1.54) is 24.0 Å². The van der Waals surface area contributed by atoms with Crippen molar-refractivity contribution in [2.24, 2.45) is 0 Å². The van der Waals surface area contributed by atoms with Crippen LogP contribution < -0.4 is 0 Å². The lowest BCUT2D eigenvalue weighted by atomic mass is 9.72. The lowest BCUT2D eigenvalue weighted by Gasteiger charge is -2.52. The Morgan fingerprint density at radius 2 is 2.03 bits per heavy atom. The van der Waals surface area contributed by atoms with Crippen LogP contribution in [0.2, 0.25) is 0 Å². The summed E-state index contributed by atoms with van der Waals surface area (Å²) in [5.41, 5.74) is 3.59. The third-order valence-corrected chi connectivity index (χ3v) is 6.44. The van der Waals surface area contributed by atoms with E-state index in [1.54, 1.807) is 4.90 Å². The number of hydrogen-bond donors (Lipinski definition) is 1. The molecule has 1 amide bonds. The number of nitriles is 1. The molecule has 2 fully saturated rings. The highest BCUT2D eigenvalue weighted by molar-refractivity contribution is 5.81. The average molecular weight is 396 g/mol. The van der Waals surface area contributed by atoms with Gasteiger partial charge in [-0.3, -0.25) is 9.69 Å². The zero-order chi connectivity index (χ0) is 20.2. The van der Waals surface area contributed by atoms with Gasteiger partial charge in [0.1, 0.15) is 6.04 Å². The molecule has 29 heavy (non-hydrogen) atoms. The molecule has 0 aromatic heterocycles. The summed E-state index contributed by atoms with van der Waals surface area (Å²) in [7, 11) is 0. The van der Waals surface area contributed by atoms with Crippen LogP contribution in [0.4, 0.5) is 0 Å². The third kappa shape index (κ3) is 3.95. The highest BCUT2D eigenvalue weighted by Crippen LogP contribution is 2.44.